The Hall–Kier alpha value is -2.05. The van der Waals surface area contributed by atoms with Crippen LogP contribution in [-0.4, -0.2) is 46.8 Å². The third-order valence-corrected chi connectivity index (χ3v) is 5.22. The maximum Gasteiger partial charge on any atom is 0.223 e. The van der Waals surface area contributed by atoms with Gasteiger partial charge in [0.1, 0.15) is 0 Å². The van der Waals surface area contributed by atoms with Crippen molar-refractivity contribution in [3.05, 3.63) is 12.4 Å². The highest BCUT2D eigenvalue weighted by atomic mass is 16.2. The molecule has 0 radical (unpaired) electrons. The summed E-state index contributed by atoms with van der Waals surface area (Å²) in [5.41, 5.74) is 1.09. The Bertz CT molecular complexity index is 608. The smallest absolute Gasteiger partial charge is 0.223 e. The zero-order valence-electron chi connectivity index (χ0n) is 15.2. The van der Waals surface area contributed by atoms with Crippen molar-refractivity contribution in [1.82, 2.24) is 20.4 Å². The number of carbonyl (C=O) groups excluding carboxylic acids is 2. The summed E-state index contributed by atoms with van der Waals surface area (Å²) in [5.74, 6) is 0.270. The first-order valence-electron chi connectivity index (χ1n) is 9.34. The minimum Gasteiger partial charge on any atom is -0.367 e. The van der Waals surface area contributed by atoms with Crippen LogP contribution >= 0.6 is 0 Å². The summed E-state index contributed by atoms with van der Waals surface area (Å²) in [6, 6.07) is 0.0365. The van der Waals surface area contributed by atoms with Gasteiger partial charge in [0.15, 0.2) is 0 Å². The number of nitrogens with zero attached hydrogens (tertiary/aromatic N) is 3. The Labute approximate surface area is 149 Å². The Morgan fingerprint density at radius 1 is 1.32 bits per heavy atom. The van der Waals surface area contributed by atoms with E-state index in [1.165, 1.54) is 0 Å². The van der Waals surface area contributed by atoms with E-state index < -0.39 is 0 Å². The molecule has 0 aromatic carbocycles. The van der Waals surface area contributed by atoms with E-state index in [-0.39, 0.29) is 29.8 Å². The van der Waals surface area contributed by atoms with Gasteiger partial charge in [-0.1, -0.05) is 12.8 Å². The zero-order chi connectivity index (χ0) is 17.8. The van der Waals surface area contributed by atoms with Gasteiger partial charge >= 0.3 is 0 Å². The summed E-state index contributed by atoms with van der Waals surface area (Å²) in [7, 11) is 1.90. The van der Waals surface area contributed by atoms with Crippen LogP contribution in [0.1, 0.15) is 45.4 Å². The van der Waals surface area contributed by atoms with E-state index in [2.05, 4.69) is 20.6 Å². The van der Waals surface area contributed by atoms with Gasteiger partial charge in [-0.2, -0.15) is 5.10 Å². The number of rotatable bonds is 6. The molecule has 0 spiro atoms. The third-order valence-electron chi connectivity index (χ3n) is 5.22. The van der Waals surface area contributed by atoms with E-state index in [0.717, 1.165) is 50.9 Å². The summed E-state index contributed by atoms with van der Waals surface area (Å²) in [5, 5.41) is 10.3. The molecule has 2 unspecified atom stereocenters. The largest absolute Gasteiger partial charge is 0.367 e. The molecule has 2 N–H and O–H groups in total. The average Bonchev–Trinajstić information content (AvgIpc) is 3.27. The molecule has 2 amide bonds. The summed E-state index contributed by atoms with van der Waals surface area (Å²) in [6.45, 7) is 3.63. The second kappa shape index (κ2) is 7.89. The number of carbonyl (C=O) groups is 2. The molecule has 2 atom stereocenters. The summed E-state index contributed by atoms with van der Waals surface area (Å²) in [6.07, 6.45) is 9.36. The van der Waals surface area contributed by atoms with E-state index in [1.54, 1.807) is 4.68 Å². The molecule has 7 heteroatoms. The van der Waals surface area contributed by atoms with Crippen LogP contribution in [0.2, 0.25) is 0 Å². The van der Waals surface area contributed by atoms with E-state index in [9.17, 15) is 9.59 Å². The first-order valence-corrected chi connectivity index (χ1v) is 9.34. The fourth-order valence-electron chi connectivity index (χ4n) is 3.85. The van der Waals surface area contributed by atoms with Gasteiger partial charge in [-0.25, -0.2) is 0 Å². The Morgan fingerprint density at radius 2 is 2.08 bits per heavy atom. The minimum absolute atomic E-state index is 0.0114. The van der Waals surface area contributed by atoms with Crippen LogP contribution in [0, 0.1) is 5.92 Å². The second-order valence-electron chi connectivity index (χ2n) is 7.47. The van der Waals surface area contributed by atoms with Gasteiger partial charge in [-0.3, -0.25) is 14.3 Å². The minimum atomic E-state index is -0.121. The van der Waals surface area contributed by atoms with Crippen LogP contribution in [-0.2, 0) is 16.6 Å². The third kappa shape index (κ3) is 4.74. The normalized spacial score (nSPS) is 22.2. The van der Waals surface area contributed by atoms with Gasteiger partial charge in [0.25, 0.3) is 0 Å². The highest BCUT2D eigenvalue weighted by Crippen LogP contribution is 2.24. The van der Waals surface area contributed by atoms with Crippen molar-refractivity contribution in [2.75, 3.05) is 18.0 Å². The molecule has 2 fully saturated rings. The molecule has 1 aromatic heterocycles. The Balaban J connectivity index is 1.39. The summed E-state index contributed by atoms with van der Waals surface area (Å²) in [4.78, 5) is 26.6. The van der Waals surface area contributed by atoms with E-state index in [0.29, 0.717) is 6.42 Å². The molecule has 1 aliphatic carbocycles. The maximum absolute atomic E-state index is 12.3. The lowest BCUT2D eigenvalue weighted by molar-refractivity contribution is -0.126. The average molecular weight is 347 g/mol. The summed E-state index contributed by atoms with van der Waals surface area (Å²) >= 11 is 0. The zero-order valence-corrected chi connectivity index (χ0v) is 15.2. The SMILES string of the molecule is CC(CC(=O)NC1CCN(c2cnn(C)c2)C1)NC(=O)C1CCCC1. The van der Waals surface area contributed by atoms with Gasteiger partial charge in [0, 0.05) is 50.8 Å². The fraction of sp³-hybridized carbons (Fsp3) is 0.722. The van der Waals surface area contributed by atoms with Gasteiger partial charge in [0.2, 0.25) is 11.8 Å². The standard InChI is InChI=1S/C18H29N5O2/c1-13(20-18(25)14-5-3-4-6-14)9-17(24)21-15-7-8-23(11-15)16-10-19-22(2)12-16/h10,12-15H,3-9,11H2,1-2H3,(H,20,25)(H,21,24). The van der Waals surface area contributed by atoms with Crippen LogP contribution in [0.15, 0.2) is 12.4 Å². The lowest BCUT2D eigenvalue weighted by Gasteiger charge is -2.19. The lowest BCUT2D eigenvalue weighted by atomic mass is 10.1. The van der Waals surface area contributed by atoms with E-state index in [1.807, 2.05) is 26.4 Å². The Kier molecular flexibility index (Phi) is 5.60. The molecular formula is C18H29N5O2. The number of amides is 2. The van der Waals surface area contributed by atoms with Gasteiger partial charge in [0.05, 0.1) is 11.9 Å². The molecule has 1 aromatic rings. The molecular weight excluding hydrogens is 318 g/mol. The first kappa shape index (κ1) is 17.8. The monoisotopic (exact) mass is 347 g/mol. The number of anilines is 1. The van der Waals surface area contributed by atoms with E-state index in [4.69, 9.17) is 0 Å². The fourth-order valence-corrected chi connectivity index (χ4v) is 3.85. The molecule has 7 nitrogen and oxygen atoms in total. The molecule has 138 valence electrons. The van der Waals surface area contributed by atoms with Crippen molar-refractivity contribution in [3.8, 4) is 0 Å². The van der Waals surface area contributed by atoms with Crippen LogP contribution < -0.4 is 15.5 Å². The molecule has 3 rings (SSSR count). The molecule has 2 aliphatic rings. The predicted octanol–water partition coefficient (Wildman–Crippen LogP) is 1.20. The maximum atomic E-state index is 12.3. The summed E-state index contributed by atoms with van der Waals surface area (Å²) < 4.78 is 1.79. The predicted molar refractivity (Wildman–Crippen MR) is 96.1 cm³/mol. The van der Waals surface area contributed by atoms with Crippen molar-refractivity contribution < 1.29 is 9.59 Å². The van der Waals surface area contributed by atoms with Gasteiger partial charge in [-0.05, 0) is 26.2 Å². The molecule has 1 saturated carbocycles. The van der Waals surface area contributed by atoms with Crippen LogP contribution in [0.4, 0.5) is 5.69 Å². The van der Waals surface area contributed by atoms with Gasteiger partial charge in [-0.15, -0.1) is 0 Å². The molecule has 2 heterocycles. The van der Waals surface area contributed by atoms with Crippen molar-refractivity contribution in [3.63, 3.8) is 0 Å². The number of aryl methyl sites for hydroxylation is 1. The van der Waals surface area contributed by atoms with Crippen molar-refractivity contribution in [2.45, 2.75) is 57.5 Å². The highest BCUT2D eigenvalue weighted by Gasteiger charge is 2.27. The van der Waals surface area contributed by atoms with Crippen molar-refractivity contribution in [2.24, 2.45) is 13.0 Å². The quantitative estimate of drug-likeness (QED) is 0.810. The van der Waals surface area contributed by atoms with Crippen LogP contribution in [0.5, 0.6) is 0 Å². The second-order valence-corrected chi connectivity index (χ2v) is 7.47. The van der Waals surface area contributed by atoms with Crippen molar-refractivity contribution in [1.29, 1.82) is 0 Å². The molecule has 1 saturated heterocycles. The van der Waals surface area contributed by atoms with E-state index >= 15 is 0 Å². The highest BCUT2D eigenvalue weighted by molar-refractivity contribution is 5.81. The molecule has 1 aliphatic heterocycles. The number of hydrogen-bond donors (Lipinski definition) is 2. The van der Waals surface area contributed by atoms with Gasteiger partial charge < -0.3 is 15.5 Å². The van der Waals surface area contributed by atoms with Crippen LogP contribution in [0.3, 0.4) is 0 Å². The lowest BCUT2D eigenvalue weighted by Crippen LogP contribution is -2.42. The number of aromatic nitrogens is 2. The number of nitrogens with one attached hydrogen (secondary N) is 2. The Morgan fingerprint density at radius 3 is 2.76 bits per heavy atom. The molecule has 25 heavy (non-hydrogen) atoms. The topological polar surface area (TPSA) is 79.3 Å². The molecule has 0 bridgehead atoms. The number of hydrogen-bond acceptors (Lipinski definition) is 4. The van der Waals surface area contributed by atoms with Crippen LogP contribution in [0.25, 0.3) is 0 Å². The van der Waals surface area contributed by atoms with Crippen molar-refractivity contribution >= 4 is 17.5 Å². The first-order chi connectivity index (χ1) is 12.0.